The quantitative estimate of drug-likeness (QED) is 0.779. The molecule has 1 aromatic rings. The van der Waals surface area contributed by atoms with Crippen LogP contribution in [0, 0.1) is 0 Å². The van der Waals surface area contributed by atoms with Crippen LogP contribution in [0.3, 0.4) is 0 Å². The van der Waals surface area contributed by atoms with E-state index in [1.54, 1.807) is 0 Å². The summed E-state index contributed by atoms with van der Waals surface area (Å²) < 4.78 is 25.7. The number of nitrogens with zero attached hydrogens (tertiary/aromatic N) is 1. The Hall–Kier alpha value is -1.40. The fourth-order valence-corrected chi connectivity index (χ4v) is 2.86. The van der Waals surface area contributed by atoms with Crippen LogP contribution < -0.4 is 0 Å². The molecule has 0 atom stereocenters. The molecule has 0 aliphatic carbocycles. The number of hydrogen-bond acceptors (Lipinski definition) is 3. The summed E-state index contributed by atoms with van der Waals surface area (Å²) in [6, 6.07) is 5.26. The molecule has 19 heavy (non-hydrogen) atoms. The van der Waals surface area contributed by atoms with Gasteiger partial charge in [0.1, 0.15) is 0 Å². The Labute approximate surface area is 113 Å². The van der Waals surface area contributed by atoms with Crippen molar-refractivity contribution in [2.24, 2.45) is 0 Å². The van der Waals surface area contributed by atoms with Gasteiger partial charge in [0.2, 0.25) is 10.0 Å². The lowest BCUT2D eigenvalue weighted by Crippen LogP contribution is -2.28. The fourth-order valence-electron chi connectivity index (χ4n) is 1.65. The number of sulfonamides is 1. The van der Waals surface area contributed by atoms with E-state index in [4.69, 9.17) is 5.11 Å². The molecule has 0 saturated heterocycles. The van der Waals surface area contributed by atoms with Crippen LogP contribution in [-0.4, -0.2) is 37.4 Å². The molecular weight excluding hydrogens is 266 g/mol. The maximum Gasteiger partial charge on any atom is 0.335 e. The zero-order valence-corrected chi connectivity index (χ0v) is 12.0. The summed E-state index contributed by atoms with van der Waals surface area (Å²) in [5.41, 5.74) is 0.0765. The summed E-state index contributed by atoms with van der Waals surface area (Å²) in [7, 11) is -1.98. The number of carboxylic acids is 1. The average Bonchev–Trinajstić information content (AvgIpc) is 2.39. The molecular formula is C13H19NO4S. The number of unbranched alkanes of at least 4 members (excludes halogenated alkanes) is 2. The van der Waals surface area contributed by atoms with E-state index in [0.717, 1.165) is 19.3 Å². The zero-order valence-electron chi connectivity index (χ0n) is 11.2. The number of aromatic carboxylic acids is 1. The molecule has 106 valence electrons. The normalized spacial score (nSPS) is 11.7. The lowest BCUT2D eigenvalue weighted by molar-refractivity contribution is 0.0696. The highest BCUT2D eigenvalue weighted by molar-refractivity contribution is 7.89. The summed E-state index contributed by atoms with van der Waals surface area (Å²) in [4.78, 5) is 10.8. The van der Waals surface area contributed by atoms with Gasteiger partial charge in [-0.25, -0.2) is 17.5 Å². The predicted molar refractivity (Wildman–Crippen MR) is 72.7 cm³/mol. The van der Waals surface area contributed by atoms with Crippen LogP contribution in [0.15, 0.2) is 29.2 Å². The summed E-state index contributed by atoms with van der Waals surface area (Å²) in [6.45, 7) is 2.52. The van der Waals surface area contributed by atoms with Crippen LogP contribution in [0.1, 0.15) is 36.5 Å². The molecule has 0 unspecified atom stereocenters. The van der Waals surface area contributed by atoms with Gasteiger partial charge >= 0.3 is 5.97 Å². The Balaban J connectivity index is 2.84. The fraction of sp³-hybridized carbons (Fsp3) is 0.462. The van der Waals surface area contributed by atoms with Crippen LogP contribution in [-0.2, 0) is 10.0 Å². The number of rotatable bonds is 7. The summed E-state index contributed by atoms with van der Waals surface area (Å²) >= 11 is 0. The molecule has 0 fully saturated rings. The molecule has 1 N–H and O–H groups in total. The first kappa shape index (κ1) is 15.7. The predicted octanol–water partition coefficient (Wildman–Crippen LogP) is 2.20. The van der Waals surface area contributed by atoms with Gasteiger partial charge < -0.3 is 5.11 Å². The van der Waals surface area contributed by atoms with Gasteiger partial charge in [-0.3, -0.25) is 0 Å². The van der Waals surface area contributed by atoms with E-state index in [1.807, 2.05) is 0 Å². The van der Waals surface area contributed by atoms with Crippen molar-refractivity contribution >= 4 is 16.0 Å². The van der Waals surface area contributed by atoms with Gasteiger partial charge in [0, 0.05) is 13.6 Å². The monoisotopic (exact) mass is 285 g/mol. The molecule has 0 spiro atoms. The van der Waals surface area contributed by atoms with Gasteiger partial charge in [0.05, 0.1) is 10.5 Å². The highest BCUT2D eigenvalue weighted by Crippen LogP contribution is 2.16. The van der Waals surface area contributed by atoms with Gasteiger partial charge in [-0.05, 0) is 30.7 Å². The lowest BCUT2D eigenvalue weighted by Gasteiger charge is -2.17. The van der Waals surface area contributed by atoms with E-state index < -0.39 is 16.0 Å². The molecule has 0 amide bonds. The molecule has 1 aromatic carbocycles. The Morgan fingerprint density at radius 3 is 2.26 bits per heavy atom. The van der Waals surface area contributed by atoms with Gasteiger partial charge in [0.25, 0.3) is 0 Å². The Morgan fingerprint density at radius 1 is 1.21 bits per heavy atom. The van der Waals surface area contributed by atoms with Gasteiger partial charge in [-0.1, -0.05) is 19.8 Å². The highest BCUT2D eigenvalue weighted by Gasteiger charge is 2.20. The van der Waals surface area contributed by atoms with Crippen LogP contribution >= 0.6 is 0 Å². The van der Waals surface area contributed by atoms with Crippen molar-refractivity contribution in [3.05, 3.63) is 29.8 Å². The Morgan fingerprint density at radius 2 is 1.79 bits per heavy atom. The smallest absolute Gasteiger partial charge is 0.335 e. The van der Waals surface area contributed by atoms with E-state index in [-0.39, 0.29) is 10.5 Å². The summed E-state index contributed by atoms with van der Waals surface area (Å²) in [5, 5.41) is 8.77. The third kappa shape index (κ3) is 4.04. The molecule has 0 saturated carbocycles. The standard InChI is InChI=1S/C13H19NO4S/c1-3-4-5-10-14(2)19(17,18)12-8-6-11(7-9-12)13(15)16/h6-9H,3-5,10H2,1-2H3,(H,15,16). The summed E-state index contributed by atoms with van der Waals surface area (Å²) in [6.07, 6.45) is 2.83. The second kappa shape index (κ2) is 6.68. The van der Waals surface area contributed by atoms with Crippen LogP contribution in [0.2, 0.25) is 0 Å². The molecule has 0 aliphatic heterocycles. The maximum atomic E-state index is 12.2. The SMILES string of the molecule is CCCCCN(C)S(=O)(=O)c1ccc(C(=O)O)cc1. The largest absolute Gasteiger partial charge is 0.478 e. The summed E-state index contributed by atoms with van der Waals surface area (Å²) in [5.74, 6) is -1.07. The Bertz CT molecular complexity index is 522. The second-order valence-corrected chi connectivity index (χ2v) is 6.41. The number of carbonyl (C=O) groups is 1. The van der Waals surface area contributed by atoms with Gasteiger partial charge in [0.15, 0.2) is 0 Å². The van der Waals surface area contributed by atoms with E-state index in [2.05, 4.69) is 6.92 Å². The average molecular weight is 285 g/mol. The van der Waals surface area contributed by atoms with Crippen molar-refractivity contribution in [3.8, 4) is 0 Å². The third-order valence-electron chi connectivity index (χ3n) is 2.89. The van der Waals surface area contributed by atoms with Crippen LogP contribution in [0.25, 0.3) is 0 Å². The van der Waals surface area contributed by atoms with Crippen LogP contribution in [0.5, 0.6) is 0 Å². The van der Waals surface area contributed by atoms with Crippen molar-refractivity contribution < 1.29 is 18.3 Å². The second-order valence-electron chi connectivity index (χ2n) is 4.36. The molecule has 0 radical (unpaired) electrons. The molecule has 6 heteroatoms. The van der Waals surface area contributed by atoms with Gasteiger partial charge in [-0.15, -0.1) is 0 Å². The molecule has 0 aliphatic rings. The molecule has 5 nitrogen and oxygen atoms in total. The van der Waals surface area contributed by atoms with E-state index in [0.29, 0.717) is 6.54 Å². The van der Waals surface area contributed by atoms with Gasteiger partial charge in [-0.2, -0.15) is 0 Å². The first-order valence-corrected chi connectivity index (χ1v) is 7.63. The first-order valence-electron chi connectivity index (χ1n) is 6.19. The Kier molecular flexibility index (Phi) is 5.50. The first-order chi connectivity index (χ1) is 8.89. The van der Waals surface area contributed by atoms with E-state index in [9.17, 15) is 13.2 Å². The minimum absolute atomic E-state index is 0.0765. The van der Waals surface area contributed by atoms with Crippen molar-refractivity contribution in [1.29, 1.82) is 0 Å². The topological polar surface area (TPSA) is 74.7 Å². The molecule has 1 rings (SSSR count). The molecule has 0 aromatic heterocycles. The van der Waals surface area contributed by atoms with Crippen molar-refractivity contribution in [2.75, 3.05) is 13.6 Å². The van der Waals surface area contributed by atoms with Crippen molar-refractivity contribution in [3.63, 3.8) is 0 Å². The van der Waals surface area contributed by atoms with Crippen molar-refractivity contribution in [1.82, 2.24) is 4.31 Å². The highest BCUT2D eigenvalue weighted by atomic mass is 32.2. The van der Waals surface area contributed by atoms with E-state index in [1.165, 1.54) is 35.6 Å². The third-order valence-corrected chi connectivity index (χ3v) is 4.76. The zero-order chi connectivity index (χ0) is 14.5. The maximum absolute atomic E-state index is 12.2. The minimum Gasteiger partial charge on any atom is -0.478 e. The van der Waals surface area contributed by atoms with Crippen molar-refractivity contribution in [2.45, 2.75) is 31.1 Å². The van der Waals surface area contributed by atoms with E-state index >= 15 is 0 Å². The van der Waals surface area contributed by atoms with Crippen LogP contribution in [0.4, 0.5) is 0 Å². The molecule has 0 bridgehead atoms. The number of benzene rings is 1. The lowest BCUT2D eigenvalue weighted by atomic mass is 10.2. The number of hydrogen-bond donors (Lipinski definition) is 1. The minimum atomic E-state index is -3.52. The number of carboxylic acid groups (broad SMARTS) is 1. The molecule has 0 heterocycles.